The fourth-order valence-electron chi connectivity index (χ4n) is 1.71. The van der Waals surface area contributed by atoms with Crippen LogP contribution in [0.15, 0.2) is 59.7 Å². The van der Waals surface area contributed by atoms with E-state index in [0.717, 1.165) is 16.8 Å². The average Bonchev–Trinajstić information content (AvgIpc) is 2.46. The molecule has 4 heteroatoms. The van der Waals surface area contributed by atoms with E-state index < -0.39 is 0 Å². The zero-order valence-electron chi connectivity index (χ0n) is 11.3. The minimum absolute atomic E-state index is 0.183. The summed E-state index contributed by atoms with van der Waals surface area (Å²) in [6, 6.07) is 17.5. The molecule has 0 aliphatic carbocycles. The van der Waals surface area contributed by atoms with Crippen molar-refractivity contribution in [2.24, 2.45) is 5.10 Å². The van der Waals surface area contributed by atoms with Crippen LogP contribution in [0.1, 0.15) is 11.1 Å². The number of carbonyl (C=O) groups is 1. The van der Waals surface area contributed by atoms with Gasteiger partial charge >= 0.3 is 0 Å². The van der Waals surface area contributed by atoms with E-state index in [9.17, 15) is 4.79 Å². The van der Waals surface area contributed by atoms with Gasteiger partial charge in [0.05, 0.1) is 12.8 Å². The van der Waals surface area contributed by atoms with E-state index in [2.05, 4.69) is 15.8 Å². The van der Waals surface area contributed by atoms with E-state index in [1.54, 1.807) is 6.21 Å². The third kappa shape index (κ3) is 4.57. The van der Waals surface area contributed by atoms with E-state index in [-0.39, 0.29) is 12.5 Å². The van der Waals surface area contributed by atoms with Gasteiger partial charge in [-0.05, 0) is 24.6 Å². The molecule has 0 saturated carbocycles. The van der Waals surface area contributed by atoms with Crippen LogP contribution in [-0.4, -0.2) is 18.7 Å². The Balaban J connectivity index is 1.78. The number of hydrogen-bond acceptors (Lipinski definition) is 3. The van der Waals surface area contributed by atoms with Crippen molar-refractivity contribution in [3.63, 3.8) is 0 Å². The molecule has 102 valence electrons. The fourth-order valence-corrected chi connectivity index (χ4v) is 1.71. The largest absolute Gasteiger partial charge is 0.376 e. The first kappa shape index (κ1) is 13.8. The Bertz CT molecular complexity index is 594. The van der Waals surface area contributed by atoms with Gasteiger partial charge in [-0.3, -0.25) is 4.79 Å². The number of nitrogens with zero attached hydrogens (tertiary/aromatic N) is 1. The van der Waals surface area contributed by atoms with Crippen LogP contribution in [0.5, 0.6) is 0 Å². The van der Waals surface area contributed by atoms with Crippen LogP contribution >= 0.6 is 0 Å². The fraction of sp³-hybridized carbons (Fsp3) is 0.125. The van der Waals surface area contributed by atoms with Gasteiger partial charge in [0, 0.05) is 5.69 Å². The maximum Gasteiger partial charge on any atom is 0.259 e. The second kappa shape index (κ2) is 7.09. The summed E-state index contributed by atoms with van der Waals surface area (Å²) in [5, 5.41) is 6.95. The van der Waals surface area contributed by atoms with Crippen molar-refractivity contribution in [3.05, 3.63) is 65.7 Å². The van der Waals surface area contributed by atoms with Gasteiger partial charge in [0.2, 0.25) is 0 Å². The number of aryl methyl sites for hydroxylation is 1. The first-order valence-corrected chi connectivity index (χ1v) is 6.41. The number of para-hydroxylation sites is 1. The van der Waals surface area contributed by atoms with Gasteiger partial charge in [0.1, 0.15) is 0 Å². The van der Waals surface area contributed by atoms with Crippen molar-refractivity contribution in [1.82, 2.24) is 5.43 Å². The van der Waals surface area contributed by atoms with Crippen molar-refractivity contribution < 1.29 is 4.79 Å². The van der Waals surface area contributed by atoms with Gasteiger partial charge in [-0.15, -0.1) is 0 Å². The topological polar surface area (TPSA) is 53.5 Å². The molecule has 4 nitrogen and oxygen atoms in total. The van der Waals surface area contributed by atoms with E-state index in [1.807, 2.05) is 61.5 Å². The van der Waals surface area contributed by atoms with Crippen LogP contribution in [0.25, 0.3) is 0 Å². The quantitative estimate of drug-likeness (QED) is 0.646. The molecule has 0 aliphatic heterocycles. The maximum absolute atomic E-state index is 11.6. The van der Waals surface area contributed by atoms with Crippen LogP contribution in [0, 0.1) is 6.92 Å². The molecule has 0 bridgehead atoms. The van der Waals surface area contributed by atoms with E-state index in [4.69, 9.17) is 0 Å². The number of amides is 1. The molecule has 2 aromatic carbocycles. The first-order valence-electron chi connectivity index (χ1n) is 6.41. The molecule has 0 spiro atoms. The molecule has 0 atom stereocenters. The van der Waals surface area contributed by atoms with Gasteiger partial charge in [0.25, 0.3) is 5.91 Å². The Morgan fingerprint density at radius 1 is 1.15 bits per heavy atom. The van der Waals surface area contributed by atoms with Crippen molar-refractivity contribution in [3.8, 4) is 0 Å². The summed E-state index contributed by atoms with van der Waals surface area (Å²) in [5.41, 5.74) is 5.51. The lowest BCUT2D eigenvalue weighted by atomic mass is 10.2. The maximum atomic E-state index is 11.6. The molecule has 0 unspecified atom stereocenters. The van der Waals surface area contributed by atoms with Gasteiger partial charge in [-0.1, -0.05) is 48.0 Å². The predicted octanol–water partition coefficient (Wildman–Crippen LogP) is 2.56. The number of carbonyl (C=O) groups excluding carboxylic acids is 1. The number of hydrazone groups is 1. The number of rotatable bonds is 5. The lowest BCUT2D eigenvalue weighted by Gasteiger charge is -2.04. The molecule has 0 heterocycles. The molecule has 0 fully saturated rings. The summed E-state index contributed by atoms with van der Waals surface area (Å²) in [6.07, 6.45) is 1.63. The average molecular weight is 267 g/mol. The Morgan fingerprint density at radius 3 is 2.70 bits per heavy atom. The monoisotopic (exact) mass is 267 g/mol. The normalized spacial score (nSPS) is 10.4. The molecule has 2 N–H and O–H groups in total. The summed E-state index contributed by atoms with van der Waals surface area (Å²) >= 11 is 0. The minimum atomic E-state index is -0.183. The van der Waals surface area contributed by atoms with E-state index in [1.165, 1.54) is 0 Å². The van der Waals surface area contributed by atoms with Gasteiger partial charge in [-0.2, -0.15) is 5.10 Å². The van der Waals surface area contributed by atoms with Crippen LogP contribution < -0.4 is 10.7 Å². The first-order chi connectivity index (χ1) is 9.74. The molecule has 1 amide bonds. The van der Waals surface area contributed by atoms with Crippen LogP contribution in [0.3, 0.4) is 0 Å². The highest BCUT2D eigenvalue weighted by Crippen LogP contribution is 2.03. The van der Waals surface area contributed by atoms with Crippen molar-refractivity contribution in [2.75, 3.05) is 11.9 Å². The number of nitrogens with one attached hydrogen (secondary N) is 2. The van der Waals surface area contributed by atoms with E-state index >= 15 is 0 Å². The summed E-state index contributed by atoms with van der Waals surface area (Å²) in [4.78, 5) is 11.6. The Kier molecular flexibility index (Phi) is 4.89. The summed E-state index contributed by atoms with van der Waals surface area (Å²) in [6.45, 7) is 2.20. The second-order valence-corrected chi connectivity index (χ2v) is 4.43. The highest BCUT2D eigenvalue weighted by atomic mass is 16.2. The smallest absolute Gasteiger partial charge is 0.259 e. The van der Waals surface area contributed by atoms with Crippen molar-refractivity contribution in [2.45, 2.75) is 6.92 Å². The predicted molar refractivity (Wildman–Crippen MR) is 81.8 cm³/mol. The third-order valence-corrected chi connectivity index (χ3v) is 2.67. The molecule has 0 aliphatic rings. The van der Waals surface area contributed by atoms with Crippen molar-refractivity contribution in [1.29, 1.82) is 0 Å². The van der Waals surface area contributed by atoms with Gasteiger partial charge in [0.15, 0.2) is 0 Å². The molecule has 2 rings (SSSR count). The lowest BCUT2D eigenvalue weighted by molar-refractivity contribution is -0.119. The Labute approximate surface area is 118 Å². The molecule has 2 aromatic rings. The molecule has 20 heavy (non-hydrogen) atoms. The molecular weight excluding hydrogens is 250 g/mol. The number of benzene rings is 2. The number of anilines is 1. The van der Waals surface area contributed by atoms with Crippen LogP contribution in [0.4, 0.5) is 5.69 Å². The summed E-state index contributed by atoms with van der Waals surface area (Å²) < 4.78 is 0. The lowest BCUT2D eigenvalue weighted by Crippen LogP contribution is -2.25. The highest BCUT2D eigenvalue weighted by Gasteiger charge is 1.98. The van der Waals surface area contributed by atoms with Gasteiger partial charge < -0.3 is 5.32 Å². The Morgan fingerprint density at radius 2 is 1.95 bits per heavy atom. The van der Waals surface area contributed by atoms with Crippen molar-refractivity contribution >= 4 is 17.8 Å². The highest BCUT2D eigenvalue weighted by molar-refractivity contribution is 5.84. The molecule has 0 saturated heterocycles. The zero-order chi connectivity index (χ0) is 14.2. The van der Waals surface area contributed by atoms with Crippen LogP contribution in [-0.2, 0) is 4.79 Å². The summed E-state index contributed by atoms with van der Waals surface area (Å²) in [5.74, 6) is -0.183. The molecular formula is C16H17N3O. The molecule has 0 radical (unpaired) electrons. The standard InChI is InChI=1S/C16H17N3O/c1-13-6-5-7-14(10-13)11-18-19-16(20)12-17-15-8-3-2-4-9-15/h2-11,17H,12H2,1H3,(H,19,20)/b18-11-. The SMILES string of the molecule is Cc1cccc(/C=N\NC(=O)CNc2ccccc2)c1. The Hall–Kier alpha value is -2.62. The minimum Gasteiger partial charge on any atom is -0.376 e. The summed E-state index contributed by atoms with van der Waals surface area (Å²) in [7, 11) is 0. The molecule has 0 aromatic heterocycles. The van der Waals surface area contributed by atoms with E-state index in [0.29, 0.717) is 0 Å². The van der Waals surface area contributed by atoms with Crippen LogP contribution in [0.2, 0.25) is 0 Å². The van der Waals surface area contributed by atoms with Gasteiger partial charge in [-0.25, -0.2) is 5.43 Å². The third-order valence-electron chi connectivity index (χ3n) is 2.67. The zero-order valence-corrected chi connectivity index (χ0v) is 11.3. The number of hydrogen-bond donors (Lipinski definition) is 2. The second-order valence-electron chi connectivity index (χ2n) is 4.43.